The molecule has 0 aliphatic heterocycles. The molecule has 0 bridgehead atoms. The molecule has 1 aliphatic carbocycles. The Bertz CT molecular complexity index is 489. The molecule has 0 saturated carbocycles. The van der Waals surface area contributed by atoms with Crippen LogP contribution in [0.1, 0.15) is 36.7 Å². The fourth-order valence-corrected chi connectivity index (χ4v) is 2.00. The Hall–Kier alpha value is -1.83. The minimum atomic E-state index is -0.449. The van der Waals surface area contributed by atoms with Gasteiger partial charge in [0.2, 0.25) is 0 Å². The third-order valence-corrected chi connectivity index (χ3v) is 2.89. The highest BCUT2D eigenvalue weighted by atomic mass is 16.6. The normalized spacial score (nSPS) is 14.9. The van der Waals surface area contributed by atoms with Gasteiger partial charge < -0.3 is 4.74 Å². The van der Waals surface area contributed by atoms with Crippen molar-refractivity contribution in [3.8, 4) is 0 Å². The Morgan fingerprint density at radius 2 is 1.68 bits per heavy atom. The van der Waals surface area contributed by atoms with Crippen LogP contribution in [0.3, 0.4) is 0 Å². The number of carbonyl (C=O) groups excluding carboxylic acids is 1. The average Bonchev–Trinajstić information content (AvgIpc) is 2.80. The number of esters is 1. The molecule has 0 unspecified atom stereocenters. The van der Waals surface area contributed by atoms with E-state index in [0.29, 0.717) is 11.5 Å². The van der Waals surface area contributed by atoms with Gasteiger partial charge in [-0.2, -0.15) is 0 Å². The van der Waals surface area contributed by atoms with E-state index in [-0.39, 0.29) is 5.97 Å². The van der Waals surface area contributed by atoms with Crippen LogP contribution in [-0.4, -0.2) is 11.6 Å². The number of hydrogen-bond acceptors (Lipinski definition) is 2. The summed E-state index contributed by atoms with van der Waals surface area (Å²) in [5, 5.41) is 0. The van der Waals surface area contributed by atoms with Crippen molar-refractivity contribution in [3.05, 3.63) is 59.7 Å². The maximum absolute atomic E-state index is 11.9. The Kier molecular flexibility index (Phi) is 3.89. The third kappa shape index (κ3) is 4.09. The van der Waals surface area contributed by atoms with Crippen molar-refractivity contribution in [1.82, 2.24) is 0 Å². The first-order valence-corrected chi connectivity index (χ1v) is 6.61. The van der Waals surface area contributed by atoms with Crippen LogP contribution in [0.5, 0.6) is 0 Å². The Morgan fingerprint density at radius 3 is 2.21 bits per heavy atom. The summed E-state index contributed by atoms with van der Waals surface area (Å²) in [7, 11) is 0. The second-order valence-electron chi connectivity index (χ2n) is 5.84. The van der Waals surface area contributed by atoms with E-state index >= 15 is 0 Å². The summed E-state index contributed by atoms with van der Waals surface area (Å²) < 4.78 is 5.34. The van der Waals surface area contributed by atoms with E-state index in [1.54, 1.807) is 0 Å². The highest BCUT2D eigenvalue weighted by Gasteiger charge is 2.17. The van der Waals surface area contributed by atoms with Gasteiger partial charge in [0.15, 0.2) is 0 Å². The third-order valence-electron chi connectivity index (χ3n) is 2.89. The SMILES string of the molecule is CC(C)(C)OC(=O)c1ccc(CC2C=CC=C2)cc1. The van der Waals surface area contributed by atoms with Crippen LogP contribution >= 0.6 is 0 Å². The fourth-order valence-electron chi connectivity index (χ4n) is 2.00. The molecule has 0 N–H and O–H groups in total. The van der Waals surface area contributed by atoms with Crippen LogP contribution < -0.4 is 0 Å². The zero-order chi connectivity index (χ0) is 13.9. The Morgan fingerprint density at radius 1 is 1.11 bits per heavy atom. The van der Waals surface area contributed by atoms with Crippen LogP contribution in [0.15, 0.2) is 48.6 Å². The van der Waals surface area contributed by atoms with Crippen molar-refractivity contribution in [2.24, 2.45) is 5.92 Å². The molecule has 0 heterocycles. The number of ether oxygens (including phenoxy) is 1. The van der Waals surface area contributed by atoms with E-state index in [9.17, 15) is 4.79 Å². The summed E-state index contributed by atoms with van der Waals surface area (Å²) in [6.45, 7) is 5.62. The number of carbonyl (C=O) groups is 1. The quantitative estimate of drug-likeness (QED) is 0.766. The highest BCUT2D eigenvalue weighted by Crippen LogP contribution is 2.17. The van der Waals surface area contributed by atoms with Gasteiger partial charge in [0.05, 0.1) is 5.56 Å². The van der Waals surface area contributed by atoms with Gasteiger partial charge in [-0.15, -0.1) is 0 Å². The summed E-state index contributed by atoms with van der Waals surface area (Å²) in [5.74, 6) is 0.215. The Labute approximate surface area is 114 Å². The predicted octanol–water partition coefficient (Wildman–Crippen LogP) is 3.93. The highest BCUT2D eigenvalue weighted by molar-refractivity contribution is 5.89. The first-order chi connectivity index (χ1) is 8.94. The van der Waals surface area contributed by atoms with E-state index < -0.39 is 5.60 Å². The zero-order valence-corrected chi connectivity index (χ0v) is 11.7. The van der Waals surface area contributed by atoms with Crippen molar-refractivity contribution >= 4 is 5.97 Å². The lowest BCUT2D eigenvalue weighted by Crippen LogP contribution is -2.23. The second kappa shape index (κ2) is 5.43. The lowest BCUT2D eigenvalue weighted by Gasteiger charge is -2.19. The van der Waals surface area contributed by atoms with Gasteiger partial charge in [0, 0.05) is 0 Å². The molecular weight excluding hydrogens is 236 g/mol. The lowest BCUT2D eigenvalue weighted by atomic mass is 10.00. The minimum Gasteiger partial charge on any atom is -0.456 e. The maximum Gasteiger partial charge on any atom is 0.338 e. The summed E-state index contributed by atoms with van der Waals surface area (Å²) in [4.78, 5) is 11.9. The van der Waals surface area contributed by atoms with E-state index in [1.807, 2.05) is 45.0 Å². The van der Waals surface area contributed by atoms with Gasteiger partial charge in [-0.3, -0.25) is 0 Å². The standard InChI is InChI=1S/C17H20O2/c1-17(2,3)19-16(18)15-10-8-14(9-11-15)12-13-6-4-5-7-13/h4-11,13H,12H2,1-3H3. The fraction of sp³-hybridized carbons (Fsp3) is 0.353. The molecule has 2 nitrogen and oxygen atoms in total. The average molecular weight is 256 g/mol. The van der Waals surface area contributed by atoms with Crippen LogP contribution in [0.25, 0.3) is 0 Å². The molecule has 0 radical (unpaired) electrons. The summed E-state index contributed by atoms with van der Waals surface area (Å²) in [6, 6.07) is 7.68. The first kappa shape index (κ1) is 13.6. The molecule has 100 valence electrons. The summed E-state index contributed by atoms with van der Waals surface area (Å²) in [5.41, 5.74) is 1.39. The van der Waals surface area contributed by atoms with E-state index in [4.69, 9.17) is 4.74 Å². The van der Waals surface area contributed by atoms with Crippen molar-refractivity contribution < 1.29 is 9.53 Å². The molecule has 0 amide bonds. The first-order valence-electron chi connectivity index (χ1n) is 6.61. The van der Waals surface area contributed by atoms with Gasteiger partial charge in [-0.05, 0) is 50.8 Å². The molecule has 0 spiro atoms. The molecule has 0 atom stereocenters. The van der Waals surface area contributed by atoms with Gasteiger partial charge in [0.1, 0.15) is 5.60 Å². The second-order valence-corrected chi connectivity index (χ2v) is 5.84. The van der Waals surface area contributed by atoms with Crippen LogP contribution in [-0.2, 0) is 11.2 Å². The van der Waals surface area contributed by atoms with Crippen LogP contribution in [0.2, 0.25) is 0 Å². The van der Waals surface area contributed by atoms with Crippen molar-refractivity contribution in [3.63, 3.8) is 0 Å². The largest absolute Gasteiger partial charge is 0.456 e. The van der Waals surface area contributed by atoms with E-state index in [0.717, 1.165) is 6.42 Å². The predicted molar refractivity (Wildman–Crippen MR) is 77.1 cm³/mol. The molecule has 0 aromatic heterocycles. The molecule has 2 heteroatoms. The molecular formula is C17H20O2. The summed E-state index contributed by atoms with van der Waals surface area (Å²) in [6.07, 6.45) is 9.48. The van der Waals surface area contributed by atoms with Gasteiger partial charge >= 0.3 is 5.97 Å². The van der Waals surface area contributed by atoms with Crippen molar-refractivity contribution in [2.75, 3.05) is 0 Å². The van der Waals surface area contributed by atoms with E-state index in [2.05, 4.69) is 24.3 Å². The monoisotopic (exact) mass is 256 g/mol. The van der Waals surface area contributed by atoms with Crippen LogP contribution in [0, 0.1) is 5.92 Å². The molecule has 19 heavy (non-hydrogen) atoms. The molecule has 0 fully saturated rings. The maximum atomic E-state index is 11.9. The van der Waals surface area contributed by atoms with Gasteiger partial charge in [0.25, 0.3) is 0 Å². The molecule has 1 aromatic rings. The topological polar surface area (TPSA) is 26.3 Å². The molecule has 1 aliphatic rings. The van der Waals surface area contributed by atoms with Crippen molar-refractivity contribution in [2.45, 2.75) is 32.8 Å². The van der Waals surface area contributed by atoms with Crippen LogP contribution in [0.4, 0.5) is 0 Å². The van der Waals surface area contributed by atoms with Gasteiger partial charge in [-0.25, -0.2) is 4.79 Å². The number of benzene rings is 1. The lowest BCUT2D eigenvalue weighted by molar-refractivity contribution is 0.00695. The zero-order valence-electron chi connectivity index (χ0n) is 11.7. The Balaban J connectivity index is 1.99. The smallest absolute Gasteiger partial charge is 0.338 e. The minimum absolute atomic E-state index is 0.264. The number of hydrogen-bond donors (Lipinski definition) is 0. The molecule has 1 aromatic carbocycles. The van der Waals surface area contributed by atoms with Gasteiger partial charge in [-0.1, -0.05) is 36.4 Å². The van der Waals surface area contributed by atoms with Crippen molar-refractivity contribution in [1.29, 1.82) is 0 Å². The molecule has 0 saturated heterocycles. The summed E-state index contributed by atoms with van der Waals surface area (Å²) >= 11 is 0. The molecule has 2 rings (SSSR count). The number of allylic oxidation sites excluding steroid dienone is 4. The number of rotatable bonds is 3. The van der Waals surface area contributed by atoms with E-state index in [1.165, 1.54) is 5.56 Å².